The van der Waals surface area contributed by atoms with E-state index in [9.17, 15) is 18.7 Å². The van der Waals surface area contributed by atoms with E-state index in [0.29, 0.717) is 44.7 Å². The minimum Gasteiger partial charge on any atom is -0.496 e. The van der Waals surface area contributed by atoms with Crippen LogP contribution in [0.5, 0.6) is 5.75 Å². The summed E-state index contributed by atoms with van der Waals surface area (Å²) in [6.45, 7) is 0.472. The molecule has 3 heterocycles. The highest BCUT2D eigenvalue weighted by Gasteiger charge is 2.26. The lowest BCUT2D eigenvalue weighted by Gasteiger charge is -2.27. The molecule has 1 amide bonds. The van der Waals surface area contributed by atoms with Gasteiger partial charge in [-0.05, 0) is 66.2 Å². The van der Waals surface area contributed by atoms with Gasteiger partial charge in [-0.2, -0.15) is 5.10 Å². The summed E-state index contributed by atoms with van der Waals surface area (Å²) >= 11 is 1.40. The van der Waals surface area contributed by atoms with Gasteiger partial charge in [0.25, 0.3) is 5.91 Å². The number of rotatable bonds is 11. The van der Waals surface area contributed by atoms with Gasteiger partial charge < -0.3 is 28.3 Å². The number of hydrogen-bond acceptors (Lipinski definition) is 9. The molecule has 1 unspecified atom stereocenters. The lowest BCUT2D eigenvalue weighted by molar-refractivity contribution is 0.0964. The monoisotopic (exact) mass is 695 g/mol. The molecule has 50 heavy (non-hydrogen) atoms. The molecule has 0 aliphatic heterocycles. The number of carbonyl (C=O) groups is 1. The normalized spacial score (nSPS) is 12.0. The minimum atomic E-state index is -0.806. The second-order valence-corrected chi connectivity index (χ2v) is 12.2. The largest absolute Gasteiger partial charge is 0.496 e. The lowest BCUT2D eigenvalue weighted by atomic mass is 9.96. The van der Waals surface area contributed by atoms with Crippen molar-refractivity contribution in [1.29, 1.82) is 0 Å². The highest BCUT2D eigenvalue weighted by atomic mass is 32.2. The second-order valence-electron chi connectivity index (χ2n) is 11.4. The average molecular weight is 696 g/mol. The molecule has 10 nitrogen and oxygen atoms in total. The molecule has 7 aromatic rings. The number of nitrogens with one attached hydrogen (secondary N) is 1. The highest BCUT2D eigenvalue weighted by Crippen LogP contribution is 2.44. The third-order valence-corrected chi connectivity index (χ3v) is 9.09. The van der Waals surface area contributed by atoms with Gasteiger partial charge in [-0.15, -0.1) is 0 Å². The van der Waals surface area contributed by atoms with Gasteiger partial charge in [-0.1, -0.05) is 24.1 Å². The van der Waals surface area contributed by atoms with Gasteiger partial charge in [0.15, 0.2) is 11.4 Å². The molecule has 0 bridgehead atoms. The molecule has 0 aliphatic rings. The number of benzene rings is 4. The fourth-order valence-corrected chi connectivity index (χ4v) is 6.61. The van der Waals surface area contributed by atoms with Crippen LogP contribution in [-0.2, 0) is 6.54 Å². The van der Waals surface area contributed by atoms with E-state index < -0.39 is 17.7 Å². The molecular weight excluding hydrogens is 665 g/mol. The maximum Gasteiger partial charge on any atom is 0.255 e. The van der Waals surface area contributed by atoms with Crippen LogP contribution in [0.15, 0.2) is 100 Å². The Morgan fingerprint density at radius 2 is 1.82 bits per heavy atom. The molecular formula is C37H31F2N5O5S. The summed E-state index contributed by atoms with van der Waals surface area (Å²) < 4.78 is 50.1. The van der Waals surface area contributed by atoms with Crippen molar-refractivity contribution < 1.29 is 32.3 Å². The Kier molecular flexibility index (Phi) is 9.00. The summed E-state index contributed by atoms with van der Waals surface area (Å²) in [6.07, 6.45) is 4.52. The maximum absolute atomic E-state index is 14.6. The van der Waals surface area contributed by atoms with Crippen LogP contribution < -0.4 is 14.4 Å². The number of aliphatic hydroxyl groups excluding tert-OH is 1. The number of aromatic nitrogens is 3. The number of fused-ring (bicyclic) bond motifs is 2. The summed E-state index contributed by atoms with van der Waals surface area (Å²) in [4.78, 5) is 17.9. The Morgan fingerprint density at radius 1 is 1.02 bits per heavy atom. The number of hydrogen-bond donors (Lipinski definition) is 2. The summed E-state index contributed by atoms with van der Waals surface area (Å²) in [5.74, 6) is -0.424. The van der Waals surface area contributed by atoms with Crippen LogP contribution in [0.4, 0.5) is 14.5 Å². The number of aliphatic hydroxyl groups is 1. The summed E-state index contributed by atoms with van der Waals surface area (Å²) in [5, 5.41) is 18.6. The Morgan fingerprint density at radius 3 is 2.52 bits per heavy atom. The van der Waals surface area contributed by atoms with Crippen molar-refractivity contribution in [2.45, 2.75) is 12.6 Å². The molecule has 0 spiro atoms. The molecule has 0 aliphatic carbocycles. The van der Waals surface area contributed by atoms with E-state index >= 15 is 0 Å². The van der Waals surface area contributed by atoms with Crippen molar-refractivity contribution in [3.8, 4) is 39.7 Å². The Hall–Kier alpha value is -5.66. The van der Waals surface area contributed by atoms with Gasteiger partial charge in [0, 0.05) is 48.3 Å². The number of halogens is 2. The standard InChI is InChI=1S/C37H31F2N5O5S/c1-40-36(46)33-26-17-25(22-10-13-30(47-2)27(16-22)37-42-34-28(39)6-4-7-31(34)49-37)29(44(50-3)20-24(45)19-43-15-5-14-41-43)18-32(26)48-35(33)21-8-11-23(38)12-9-21/h4-18,24,45H,19-20H2,1-3H3,(H,40,46). The van der Waals surface area contributed by atoms with Crippen molar-refractivity contribution in [3.05, 3.63) is 108 Å². The fraction of sp³-hybridized carbons (Fsp3) is 0.162. The van der Waals surface area contributed by atoms with Gasteiger partial charge >= 0.3 is 0 Å². The zero-order chi connectivity index (χ0) is 34.9. The first-order valence-electron chi connectivity index (χ1n) is 15.6. The highest BCUT2D eigenvalue weighted by molar-refractivity contribution is 8.00. The number of carbonyl (C=O) groups excluding carboxylic acids is 1. The van der Waals surface area contributed by atoms with Gasteiger partial charge in [0.05, 0.1) is 43.1 Å². The van der Waals surface area contributed by atoms with Crippen LogP contribution in [0.2, 0.25) is 0 Å². The zero-order valence-corrected chi connectivity index (χ0v) is 28.0. The van der Waals surface area contributed by atoms with Crippen LogP contribution in [-0.4, -0.2) is 58.8 Å². The number of nitrogens with zero attached hydrogens (tertiary/aromatic N) is 4. The third kappa shape index (κ3) is 6.16. The Balaban J connectivity index is 1.44. The van der Waals surface area contributed by atoms with Crippen LogP contribution in [0.3, 0.4) is 0 Å². The molecule has 3 aromatic heterocycles. The molecule has 0 fully saturated rings. The summed E-state index contributed by atoms with van der Waals surface area (Å²) in [6, 6.07) is 21.1. The van der Waals surface area contributed by atoms with Crippen LogP contribution in [0.1, 0.15) is 10.4 Å². The topological polar surface area (TPSA) is 119 Å². The van der Waals surface area contributed by atoms with Crippen LogP contribution in [0.25, 0.3) is 56.0 Å². The van der Waals surface area contributed by atoms with Crippen molar-refractivity contribution in [1.82, 2.24) is 20.1 Å². The smallest absolute Gasteiger partial charge is 0.255 e. The average Bonchev–Trinajstić information content (AvgIpc) is 3.89. The van der Waals surface area contributed by atoms with Crippen molar-refractivity contribution >= 4 is 45.6 Å². The summed E-state index contributed by atoms with van der Waals surface area (Å²) in [5.41, 5.74) is 4.11. The number of para-hydroxylation sites is 1. The van der Waals surface area contributed by atoms with E-state index in [2.05, 4.69) is 15.4 Å². The molecule has 7 rings (SSSR count). The van der Waals surface area contributed by atoms with E-state index in [1.807, 2.05) is 34.8 Å². The van der Waals surface area contributed by atoms with E-state index in [4.69, 9.17) is 13.6 Å². The molecule has 2 N–H and O–H groups in total. The maximum atomic E-state index is 14.6. The number of methoxy groups -OCH3 is 1. The first-order chi connectivity index (χ1) is 24.3. The fourth-order valence-electron chi connectivity index (χ4n) is 5.94. The Labute approximate surface area is 289 Å². The number of amides is 1. The second kappa shape index (κ2) is 13.7. The summed E-state index contributed by atoms with van der Waals surface area (Å²) in [7, 11) is 3.05. The molecule has 13 heteroatoms. The molecule has 0 saturated carbocycles. The van der Waals surface area contributed by atoms with E-state index in [-0.39, 0.29) is 47.3 Å². The first-order valence-corrected chi connectivity index (χ1v) is 16.8. The minimum absolute atomic E-state index is 0.0960. The van der Waals surface area contributed by atoms with Crippen molar-refractivity contribution in [3.63, 3.8) is 0 Å². The third-order valence-electron chi connectivity index (χ3n) is 8.30. The van der Waals surface area contributed by atoms with Gasteiger partial charge in [0.2, 0.25) is 5.89 Å². The molecule has 254 valence electrons. The van der Waals surface area contributed by atoms with E-state index in [0.717, 1.165) is 0 Å². The molecule has 0 radical (unpaired) electrons. The van der Waals surface area contributed by atoms with Crippen molar-refractivity contribution in [2.24, 2.45) is 0 Å². The number of anilines is 1. The van der Waals surface area contributed by atoms with Gasteiger partial charge in [0.1, 0.15) is 28.4 Å². The van der Waals surface area contributed by atoms with Crippen LogP contribution >= 0.6 is 11.9 Å². The first kappa shape index (κ1) is 32.9. The SMILES string of the molecule is CNC(=O)c1c(-c2ccc(F)cc2)oc2cc(N(CC(O)Cn3cccn3)SC)c(-c3ccc(OC)c(-c4nc5c(F)cccc5o4)c3)cc12. The number of furan rings is 1. The lowest BCUT2D eigenvalue weighted by Crippen LogP contribution is -2.30. The van der Waals surface area contributed by atoms with E-state index in [1.54, 1.807) is 53.5 Å². The number of oxazole rings is 1. The molecule has 0 saturated heterocycles. The van der Waals surface area contributed by atoms with E-state index in [1.165, 1.54) is 44.3 Å². The zero-order valence-electron chi connectivity index (χ0n) is 27.2. The predicted octanol–water partition coefficient (Wildman–Crippen LogP) is 7.56. The van der Waals surface area contributed by atoms with Gasteiger partial charge in [-0.3, -0.25) is 9.48 Å². The van der Waals surface area contributed by atoms with Crippen molar-refractivity contribution in [2.75, 3.05) is 31.3 Å². The Bertz CT molecular complexity index is 2320. The van der Waals surface area contributed by atoms with Crippen LogP contribution in [0, 0.1) is 11.6 Å². The van der Waals surface area contributed by atoms with Gasteiger partial charge in [-0.25, -0.2) is 13.8 Å². The molecule has 1 atom stereocenters. The quantitative estimate of drug-likeness (QED) is 0.132. The predicted molar refractivity (Wildman–Crippen MR) is 189 cm³/mol. The molecule has 4 aromatic carbocycles. The number of ether oxygens (including phenoxy) is 1.